The molecule has 4 heteroatoms. The third-order valence-electron chi connectivity index (χ3n) is 2.71. The van der Waals surface area contributed by atoms with Crippen molar-refractivity contribution in [2.45, 2.75) is 19.9 Å². The lowest BCUT2D eigenvalue weighted by molar-refractivity contribution is 0.0542. The van der Waals surface area contributed by atoms with E-state index >= 15 is 0 Å². The summed E-state index contributed by atoms with van der Waals surface area (Å²) in [5.74, 6) is 0.696. The number of methoxy groups -OCH3 is 1. The number of morpholine rings is 1. The van der Waals surface area contributed by atoms with Crippen LogP contribution in [0.25, 0.3) is 0 Å². The van der Waals surface area contributed by atoms with Crippen molar-refractivity contribution >= 4 is 0 Å². The van der Waals surface area contributed by atoms with Gasteiger partial charge in [-0.15, -0.1) is 0 Å². The Balaban J connectivity index is 2.28. The van der Waals surface area contributed by atoms with Crippen LogP contribution in [0.5, 0.6) is 0 Å². The van der Waals surface area contributed by atoms with E-state index in [9.17, 15) is 0 Å². The van der Waals surface area contributed by atoms with Crippen molar-refractivity contribution in [1.29, 1.82) is 0 Å². The van der Waals surface area contributed by atoms with E-state index in [-0.39, 0.29) is 0 Å². The predicted molar refractivity (Wildman–Crippen MR) is 65.8 cm³/mol. The fourth-order valence-corrected chi connectivity index (χ4v) is 2.04. The number of hydrogen-bond donors (Lipinski definition) is 1. The lowest BCUT2D eigenvalue weighted by Crippen LogP contribution is -2.49. The van der Waals surface area contributed by atoms with Crippen LogP contribution in [0.2, 0.25) is 0 Å². The molecule has 0 saturated carbocycles. The van der Waals surface area contributed by atoms with Gasteiger partial charge in [0, 0.05) is 39.3 Å². The molecule has 0 aromatic rings. The van der Waals surface area contributed by atoms with Crippen LogP contribution in [-0.4, -0.2) is 64.1 Å². The normalized spacial score (nSPS) is 21.9. The average molecular weight is 230 g/mol. The Labute approximate surface area is 99.3 Å². The summed E-state index contributed by atoms with van der Waals surface area (Å²) in [5.41, 5.74) is 0. The van der Waals surface area contributed by atoms with Crippen LogP contribution in [0, 0.1) is 5.92 Å². The molecule has 0 aliphatic carbocycles. The largest absolute Gasteiger partial charge is 0.383 e. The topological polar surface area (TPSA) is 33.7 Å². The first-order valence-electron chi connectivity index (χ1n) is 6.24. The molecule has 1 aliphatic rings. The van der Waals surface area contributed by atoms with Gasteiger partial charge in [0.1, 0.15) is 0 Å². The van der Waals surface area contributed by atoms with Crippen molar-refractivity contribution in [2.75, 3.05) is 53.1 Å². The van der Waals surface area contributed by atoms with Gasteiger partial charge in [0.05, 0.1) is 19.8 Å². The average Bonchev–Trinajstić information content (AvgIpc) is 2.26. The third-order valence-corrected chi connectivity index (χ3v) is 2.71. The van der Waals surface area contributed by atoms with Gasteiger partial charge in [0.25, 0.3) is 0 Å². The molecule has 4 nitrogen and oxygen atoms in total. The van der Waals surface area contributed by atoms with E-state index in [2.05, 4.69) is 24.1 Å². The first-order chi connectivity index (χ1) is 7.72. The number of nitrogens with one attached hydrogen (secondary N) is 1. The van der Waals surface area contributed by atoms with Crippen LogP contribution >= 0.6 is 0 Å². The molecule has 0 bridgehead atoms. The van der Waals surface area contributed by atoms with E-state index in [1.165, 1.54) is 0 Å². The summed E-state index contributed by atoms with van der Waals surface area (Å²) in [6.07, 6.45) is 0. The SMILES string of the molecule is COCCN(CC(C)C)CC1COCCN1. The quantitative estimate of drug-likeness (QED) is 0.694. The number of hydrogen-bond acceptors (Lipinski definition) is 4. The van der Waals surface area contributed by atoms with Crippen molar-refractivity contribution in [3.05, 3.63) is 0 Å². The molecule has 1 fully saturated rings. The molecule has 1 N–H and O–H groups in total. The van der Waals surface area contributed by atoms with Gasteiger partial charge in [-0.25, -0.2) is 0 Å². The van der Waals surface area contributed by atoms with Crippen LogP contribution in [0.4, 0.5) is 0 Å². The van der Waals surface area contributed by atoms with Gasteiger partial charge in [0.2, 0.25) is 0 Å². The molecule has 1 atom stereocenters. The highest BCUT2D eigenvalue weighted by molar-refractivity contribution is 4.75. The van der Waals surface area contributed by atoms with Gasteiger partial charge in [0.15, 0.2) is 0 Å². The molecule has 16 heavy (non-hydrogen) atoms. The van der Waals surface area contributed by atoms with Crippen LogP contribution in [0.1, 0.15) is 13.8 Å². The highest BCUT2D eigenvalue weighted by Crippen LogP contribution is 2.02. The van der Waals surface area contributed by atoms with Gasteiger partial charge in [-0.2, -0.15) is 0 Å². The first-order valence-corrected chi connectivity index (χ1v) is 6.24. The summed E-state index contributed by atoms with van der Waals surface area (Å²) in [7, 11) is 1.76. The molecule has 0 amide bonds. The molecular weight excluding hydrogens is 204 g/mol. The van der Waals surface area contributed by atoms with E-state index in [0.717, 1.165) is 46.0 Å². The van der Waals surface area contributed by atoms with Crippen molar-refractivity contribution < 1.29 is 9.47 Å². The summed E-state index contributed by atoms with van der Waals surface area (Å²) in [6.45, 7) is 11.2. The summed E-state index contributed by atoms with van der Waals surface area (Å²) in [4.78, 5) is 2.46. The Morgan fingerprint density at radius 1 is 1.50 bits per heavy atom. The van der Waals surface area contributed by atoms with Gasteiger partial charge in [-0.1, -0.05) is 13.8 Å². The first kappa shape index (κ1) is 13.9. The van der Waals surface area contributed by atoms with E-state index < -0.39 is 0 Å². The van der Waals surface area contributed by atoms with Crippen molar-refractivity contribution in [2.24, 2.45) is 5.92 Å². The van der Waals surface area contributed by atoms with Crippen LogP contribution in [0.15, 0.2) is 0 Å². The summed E-state index contributed by atoms with van der Waals surface area (Å²) >= 11 is 0. The van der Waals surface area contributed by atoms with Crippen molar-refractivity contribution in [3.63, 3.8) is 0 Å². The molecule has 1 unspecified atom stereocenters. The minimum absolute atomic E-state index is 0.476. The van der Waals surface area contributed by atoms with E-state index in [4.69, 9.17) is 9.47 Å². The maximum absolute atomic E-state index is 5.47. The fourth-order valence-electron chi connectivity index (χ4n) is 2.04. The highest BCUT2D eigenvalue weighted by atomic mass is 16.5. The number of nitrogens with zero attached hydrogens (tertiary/aromatic N) is 1. The van der Waals surface area contributed by atoms with Gasteiger partial charge >= 0.3 is 0 Å². The van der Waals surface area contributed by atoms with Crippen molar-refractivity contribution in [3.8, 4) is 0 Å². The summed E-state index contributed by atoms with van der Waals surface area (Å²) < 4.78 is 10.6. The minimum Gasteiger partial charge on any atom is -0.383 e. The van der Waals surface area contributed by atoms with Crippen molar-refractivity contribution in [1.82, 2.24) is 10.2 Å². The van der Waals surface area contributed by atoms with Gasteiger partial charge in [-0.05, 0) is 5.92 Å². The molecule has 0 spiro atoms. The lowest BCUT2D eigenvalue weighted by atomic mass is 10.2. The Morgan fingerprint density at radius 3 is 2.88 bits per heavy atom. The second kappa shape index (κ2) is 8.01. The smallest absolute Gasteiger partial charge is 0.0632 e. The maximum atomic E-state index is 5.47. The number of ether oxygens (including phenoxy) is 2. The second-order valence-corrected chi connectivity index (χ2v) is 4.87. The third kappa shape index (κ3) is 5.80. The molecule has 1 heterocycles. The molecule has 0 aromatic heterocycles. The summed E-state index contributed by atoms with van der Waals surface area (Å²) in [6, 6.07) is 0.476. The maximum Gasteiger partial charge on any atom is 0.0632 e. The molecule has 0 radical (unpaired) electrons. The van der Waals surface area contributed by atoms with Gasteiger partial charge in [-0.3, -0.25) is 4.90 Å². The Bertz CT molecular complexity index is 170. The zero-order valence-electron chi connectivity index (χ0n) is 10.9. The van der Waals surface area contributed by atoms with Crippen LogP contribution in [0.3, 0.4) is 0 Å². The zero-order chi connectivity index (χ0) is 11.8. The molecule has 0 aromatic carbocycles. The summed E-state index contributed by atoms with van der Waals surface area (Å²) in [5, 5.41) is 3.49. The Morgan fingerprint density at radius 2 is 2.31 bits per heavy atom. The number of rotatable bonds is 7. The zero-order valence-corrected chi connectivity index (χ0v) is 10.9. The minimum atomic E-state index is 0.476. The molecule has 1 aliphatic heterocycles. The van der Waals surface area contributed by atoms with E-state index in [1.54, 1.807) is 7.11 Å². The Kier molecular flexibility index (Phi) is 6.96. The molecule has 96 valence electrons. The monoisotopic (exact) mass is 230 g/mol. The van der Waals surface area contributed by atoms with Crippen LogP contribution < -0.4 is 5.32 Å². The highest BCUT2D eigenvalue weighted by Gasteiger charge is 2.17. The lowest BCUT2D eigenvalue weighted by Gasteiger charge is -2.31. The molecular formula is C12H26N2O2. The van der Waals surface area contributed by atoms with Crippen LogP contribution in [-0.2, 0) is 9.47 Å². The van der Waals surface area contributed by atoms with E-state index in [0.29, 0.717) is 12.0 Å². The van der Waals surface area contributed by atoms with E-state index in [1.807, 2.05) is 0 Å². The van der Waals surface area contributed by atoms with Gasteiger partial charge < -0.3 is 14.8 Å². The Hall–Kier alpha value is -0.160. The fraction of sp³-hybridized carbons (Fsp3) is 1.00. The second-order valence-electron chi connectivity index (χ2n) is 4.87. The molecule has 1 rings (SSSR count). The molecule has 1 saturated heterocycles. The standard InChI is InChI=1S/C12H26N2O2/c1-11(2)8-14(5-7-15-3)9-12-10-16-6-4-13-12/h11-13H,4-10H2,1-3H3. The predicted octanol–water partition coefficient (Wildman–Crippen LogP) is 0.579.